The largest absolute Gasteiger partial charge is 0.458 e. The molecule has 0 saturated carbocycles. The van der Waals surface area contributed by atoms with E-state index in [1.165, 1.54) is 41.4 Å². The van der Waals surface area contributed by atoms with Crippen LogP contribution in [0.3, 0.4) is 0 Å². The summed E-state index contributed by atoms with van der Waals surface area (Å²) >= 11 is 0. The van der Waals surface area contributed by atoms with Gasteiger partial charge in [0.15, 0.2) is 18.3 Å². The Hall–Kier alpha value is -7.22. The Morgan fingerprint density at radius 3 is 1.48 bits per heavy atom. The number of esters is 5. The molecular formula is C78H99NO17. The first-order chi connectivity index (χ1) is 45.2. The lowest BCUT2D eigenvalue weighted by Crippen LogP contribution is -2.59. The SMILES string of the molecule is CC(=O)OC1C2=C(C)CCC2C2(C)OC1(C(C)C)CC2O.CC1=C2C(CC1)C1(C)OC(C(C)C)(CC1OC(=O)C(C)NC(=O)OC(C)(C)C)C2OC(=O)/C=C/c1ccccc1.CC1=C2C(OC(=O)/C=C/c3ccccc3)C3(c4ccccc4)CC(OC(=O)CO)C(C)(O3)C2CC1. The highest BCUT2D eigenvalue weighted by atomic mass is 16.6. The van der Waals surface area contributed by atoms with E-state index in [2.05, 4.69) is 39.9 Å². The van der Waals surface area contributed by atoms with Gasteiger partial charge in [0.25, 0.3) is 0 Å². The Morgan fingerprint density at radius 1 is 0.573 bits per heavy atom. The molecule has 0 spiro atoms. The molecule has 518 valence electrons. The minimum Gasteiger partial charge on any atom is -0.458 e. The van der Waals surface area contributed by atoms with Crippen LogP contribution in [0.15, 0.2) is 137 Å². The molecule has 16 atom stereocenters. The van der Waals surface area contributed by atoms with Crippen LogP contribution in [0.2, 0.25) is 0 Å². The van der Waals surface area contributed by atoms with Crippen LogP contribution in [-0.2, 0) is 72.2 Å². The quantitative estimate of drug-likeness (QED) is 0.0555. The third-order valence-corrected chi connectivity index (χ3v) is 22.1. The predicted octanol–water partition coefficient (Wildman–Crippen LogP) is 12.7. The van der Waals surface area contributed by atoms with Crippen molar-refractivity contribution in [3.63, 3.8) is 0 Å². The number of aliphatic hydroxyl groups is 2. The van der Waals surface area contributed by atoms with Gasteiger partial charge in [-0.3, -0.25) is 4.79 Å². The van der Waals surface area contributed by atoms with E-state index in [0.717, 1.165) is 66.4 Å². The van der Waals surface area contributed by atoms with Crippen LogP contribution in [0.1, 0.15) is 178 Å². The van der Waals surface area contributed by atoms with Crippen molar-refractivity contribution in [2.75, 3.05) is 6.61 Å². The molecule has 18 heteroatoms. The Bertz CT molecular complexity index is 3590. The van der Waals surface area contributed by atoms with Gasteiger partial charge >= 0.3 is 35.9 Å². The third-order valence-electron chi connectivity index (χ3n) is 22.1. The van der Waals surface area contributed by atoms with Gasteiger partial charge in [-0.15, -0.1) is 0 Å². The normalized spacial score (nSPS) is 34.0. The molecule has 6 aliphatic heterocycles. The Kier molecular flexibility index (Phi) is 20.6. The Morgan fingerprint density at radius 2 is 1.00 bits per heavy atom. The fraction of sp³-hybridized carbons (Fsp3) is 0.564. The number of amides is 1. The first-order valence-corrected chi connectivity index (χ1v) is 34.2. The Balaban J connectivity index is 0.000000164. The number of rotatable bonds is 15. The molecule has 3 N–H and O–H groups in total. The number of fused-ring (bicyclic) bond motifs is 12. The van der Waals surface area contributed by atoms with Crippen LogP contribution >= 0.6 is 0 Å². The van der Waals surface area contributed by atoms with Crippen molar-refractivity contribution in [1.29, 1.82) is 0 Å². The number of nitrogens with one attached hydrogen (secondary N) is 1. The zero-order valence-electron chi connectivity index (χ0n) is 58.5. The van der Waals surface area contributed by atoms with E-state index in [4.69, 9.17) is 42.6 Å². The van der Waals surface area contributed by atoms with Crippen LogP contribution in [0.25, 0.3) is 12.2 Å². The number of hydrogen-bond donors (Lipinski definition) is 3. The summed E-state index contributed by atoms with van der Waals surface area (Å²) in [5.41, 5.74) is 4.42. The molecule has 18 nitrogen and oxygen atoms in total. The van der Waals surface area contributed by atoms with Crippen molar-refractivity contribution in [2.24, 2.45) is 29.6 Å². The minimum absolute atomic E-state index is 0.0365. The van der Waals surface area contributed by atoms with E-state index < -0.39 is 112 Å². The van der Waals surface area contributed by atoms with E-state index in [1.807, 2.05) is 126 Å². The first kappa shape index (κ1) is 71.5. The molecule has 9 aliphatic rings. The molecule has 3 aliphatic carbocycles. The summed E-state index contributed by atoms with van der Waals surface area (Å²) in [6, 6.07) is 27.9. The molecule has 96 heavy (non-hydrogen) atoms. The molecule has 16 unspecified atom stereocenters. The summed E-state index contributed by atoms with van der Waals surface area (Å²) in [4.78, 5) is 75.5. The number of benzene rings is 3. The lowest BCUT2D eigenvalue weighted by molar-refractivity contribution is -0.223. The maximum atomic E-state index is 13.2. The molecule has 3 aromatic carbocycles. The van der Waals surface area contributed by atoms with E-state index in [1.54, 1.807) is 39.8 Å². The topological polar surface area (TPSA) is 238 Å². The van der Waals surface area contributed by atoms with Gasteiger partial charge < -0.3 is 58.2 Å². The summed E-state index contributed by atoms with van der Waals surface area (Å²) in [5.74, 6) is -2.26. The van der Waals surface area contributed by atoms with Crippen molar-refractivity contribution in [2.45, 2.75) is 244 Å². The highest BCUT2D eigenvalue weighted by Gasteiger charge is 2.72. The van der Waals surface area contributed by atoms with Crippen molar-refractivity contribution >= 4 is 48.1 Å². The number of aliphatic hydroxyl groups excluding tert-OH is 2. The van der Waals surface area contributed by atoms with Gasteiger partial charge in [0.05, 0.1) is 11.7 Å². The predicted molar refractivity (Wildman–Crippen MR) is 360 cm³/mol. The van der Waals surface area contributed by atoms with Crippen molar-refractivity contribution in [1.82, 2.24) is 5.32 Å². The average molecular weight is 1320 g/mol. The maximum Gasteiger partial charge on any atom is 0.408 e. The highest BCUT2D eigenvalue weighted by Crippen LogP contribution is 2.65. The van der Waals surface area contributed by atoms with E-state index in [9.17, 15) is 39.0 Å². The summed E-state index contributed by atoms with van der Waals surface area (Å²) in [6.07, 6.45) is 8.97. The second kappa shape index (κ2) is 27.6. The smallest absolute Gasteiger partial charge is 0.408 e. The van der Waals surface area contributed by atoms with Crippen LogP contribution in [0, 0.1) is 29.6 Å². The summed E-state index contributed by atoms with van der Waals surface area (Å²) in [6.45, 7) is 28.1. The summed E-state index contributed by atoms with van der Waals surface area (Å²) < 4.78 is 55.5. The summed E-state index contributed by atoms with van der Waals surface area (Å²) in [5, 5.41) is 22.6. The third kappa shape index (κ3) is 13.5. The summed E-state index contributed by atoms with van der Waals surface area (Å²) in [7, 11) is 0. The molecular weight excluding hydrogens is 1220 g/mol. The van der Waals surface area contributed by atoms with Gasteiger partial charge in [-0.2, -0.15) is 0 Å². The van der Waals surface area contributed by atoms with Gasteiger partial charge in [-0.1, -0.05) is 135 Å². The molecule has 6 bridgehead atoms. The highest BCUT2D eigenvalue weighted by molar-refractivity contribution is 5.88. The van der Waals surface area contributed by atoms with Crippen molar-refractivity contribution < 1.29 is 81.6 Å². The maximum absolute atomic E-state index is 13.2. The van der Waals surface area contributed by atoms with Crippen LogP contribution in [-0.4, -0.2) is 129 Å². The second-order valence-electron chi connectivity index (χ2n) is 30.0. The van der Waals surface area contributed by atoms with E-state index >= 15 is 0 Å². The minimum atomic E-state index is -1.01. The fourth-order valence-electron chi connectivity index (χ4n) is 17.1. The molecule has 6 heterocycles. The second-order valence-corrected chi connectivity index (χ2v) is 30.0. The Labute approximate surface area is 565 Å². The van der Waals surface area contributed by atoms with Gasteiger partial charge in [0, 0.05) is 56.1 Å². The van der Waals surface area contributed by atoms with Crippen LogP contribution < -0.4 is 5.32 Å². The average Bonchev–Trinajstić information content (AvgIpc) is 1.54. The number of carbonyl (C=O) groups is 6. The van der Waals surface area contributed by atoms with Gasteiger partial charge in [-0.05, 0) is 165 Å². The molecule has 1 amide bonds. The van der Waals surface area contributed by atoms with Crippen LogP contribution in [0.5, 0.6) is 0 Å². The van der Waals surface area contributed by atoms with Crippen molar-refractivity contribution in [3.05, 3.63) is 153 Å². The lowest BCUT2D eigenvalue weighted by atomic mass is 9.74. The molecule has 12 rings (SSSR count). The molecule has 6 fully saturated rings. The number of ether oxygens (including phenoxy) is 9. The van der Waals surface area contributed by atoms with E-state index in [-0.39, 0.29) is 41.7 Å². The lowest BCUT2D eigenvalue weighted by Gasteiger charge is -2.50. The van der Waals surface area contributed by atoms with Crippen LogP contribution in [0.4, 0.5) is 4.79 Å². The van der Waals surface area contributed by atoms with E-state index in [0.29, 0.717) is 19.3 Å². The molecule has 0 radical (unpaired) electrons. The zero-order chi connectivity index (χ0) is 69.7. The first-order valence-electron chi connectivity index (χ1n) is 34.2. The molecule has 3 aromatic rings. The molecule has 6 saturated heterocycles. The van der Waals surface area contributed by atoms with Crippen molar-refractivity contribution in [3.8, 4) is 0 Å². The number of allylic oxidation sites excluding steroid dienone is 3. The van der Waals surface area contributed by atoms with Gasteiger partial charge in [0.2, 0.25) is 0 Å². The zero-order valence-corrected chi connectivity index (χ0v) is 58.5. The molecule has 0 aromatic heterocycles. The number of hydrogen-bond acceptors (Lipinski definition) is 17. The number of carbonyl (C=O) groups excluding carboxylic acids is 6. The number of alkyl carbamates (subject to hydrolysis) is 1. The fourth-order valence-corrected chi connectivity index (χ4v) is 17.1. The van der Waals surface area contributed by atoms with Gasteiger partial charge in [0.1, 0.15) is 58.5 Å². The van der Waals surface area contributed by atoms with Gasteiger partial charge in [-0.25, -0.2) is 24.0 Å². The monoisotopic (exact) mass is 1320 g/mol. The standard InChI is InChI=1S/C32H43NO7.C29H30O6.C17H26O4/c1-19(2)32-18-24(37-28(35)21(4)33-29(36)39-30(5,6)7)31(8,40-32)23-16-14-20(3)26(23)27(32)38-25(34)17-15-22-12-10-9-11-13-22;1-19-13-15-22-26(19)27(34-24(31)16-14-20-9-5-3-6-10-20)29(21-11-7-4-8-12-21)17-23(28(22,2)35-29)33-25(32)18-30;1-9(2)17-8-13(19)16(5,21-17)12-7-6-10(3)14(12)15(17)20-11(4)18/h9-13,15,17,19,21,23-24,27H,14,16,18H2,1-8H3,(H,33,36);3-12,14,16,22-23,27,30H,13,15,17-18H2,1-2H3;9,12-13,15,19H,6-8H2,1-5H3/b17-15+;16-14+;.